The van der Waals surface area contributed by atoms with Gasteiger partial charge in [0.25, 0.3) is 15.9 Å². The molecule has 0 aliphatic carbocycles. The zero-order valence-electron chi connectivity index (χ0n) is 13.1. The summed E-state index contributed by atoms with van der Waals surface area (Å²) in [5, 5.41) is 0.356. The van der Waals surface area contributed by atoms with Crippen molar-refractivity contribution in [2.45, 2.75) is 16.7 Å². The van der Waals surface area contributed by atoms with E-state index in [0.29, 0.717) is 5.02 Å². The Balaban J connectivity index is 2.02. The lowest BCUT2D eigenvalue weighted by molar-refractivity contribution is -0.119. The summed E-state index contributed by atoms with van der Waals surface area (Å²) in [6.45, 7) is 1.80. The number of sulfonamides is 1. The van der Waals surface area contributed by atoms with Gasteiger partial charge >= 0.3 is 0 Å². The molecule has 0 atom stereocenters. The number of hydrogen-bond acceptors (Lipinski definition) is 5. The van der Waals surface area contributed by atoms with E-state index in [1.165, 1.54) is 36.4 Å². The Labute approximate surface area is 151 Å². The summed E-state index contributed by atoms with van der Waals surface area (Å²) in [7, 11) is -7.91. The molecule has 0 saturated heterocycles. The summed E-state index contributed by atoms with van der Waals surface area (Å²) in [5.41, 5.74) is 2.76. The van der Waals surface area contributed by atoms with Gasteiger partial charge in [0, 0.05) is 5.02 Å². The first-order valence-electron chi connectivity index (χ1n) is 6.96. The molecule has 0 bridgehead atoms. The maximum atomic E-state index is 12.1. The number of carbonyl (C=O) groups excluding carboxylic acids is 1. The van der Waals surface area contributed by atoms with Gasteiger partial charge in [-0.15, -0.1) is 4.83 Å². The van der Waals surface area contributed by atoms with Crippen molar-refractivity contribution in [2.75, 3.05) is 5.75 Å². The van der Waals surface area contributed by atoms with Crippen LogP contribution < -0.4 is 10.3 Å². The highest BCUT2D eigenvalue weighted by molar-refractivity contribution is 7.92. The van der Waals surface area contributed by atoms with Crippen molar-refractivity contribution in [1.82, 2.24) is 10.3 Å². The lowest BCUT2D eigenvalue weighted by Gasteiger charge is -2.09. The van der Waals surface area contributed by atoms with E-state index in [0.717, 1.165) is 5.56 Å². The van der Waals surface area contributed by atoms with Crippen LogP contribution in [-0.4, -0.2) is 28.5 Å². The quantitative estimate of drug-likeness (QED) is 0.710. The van der Waals surface area contributed by atoms with Crippen LogP contribution in [0.4, 0.5) is 0 Å². The van der Waals surface area contributed by atoms with Gasteiger partial charge in [-0.1, -0.05) is 29.3 Å². The van der Waals surface area contributed by atoms with Crippen molar-refractivity contribution in [3.05, 3.63) is 59.1 Å². The molecule has 0 heterocycles. The van der Waals surface area contributed by atoms with Crippen LogP contribution in [0.2, 0.25) is 5.02 Å². The predicted octanol–water partition coefficient (Wildman–Crippen LogP) is 1.43. The van der Waals surface area contributed by atoms with Crippen LogP contribution in [0, 0.1) is 6.92 Å². The maximum Gasteiger partial charge on any atom is 0.257 e. The number of nitrogens with one attached hydrogen (secondary N) is 2. The largest absolute Gasteiger partial charge is 0.277 e. The number of sulfone groups is 1. The summed E-state index contributed by atoms with van der Waals surface area (Å²) in [4.78, 5) is 13.5. The Hall–Kier alpha value is -1.94. The Bertz CT molecular complexity index is 970. The summed E-state index contributed by atoms with van der Waals surface area (Å²) in [6.07, 6.45) is 0. The highest BCUT2D eigenvalue weighted by Crippen LogP contribution is 2.15. The SMILES string of the molecule is Cc1ccc(S(=O)(=O)NNC(=O)CS(=O)(=O)c2ccc(Cl)cc2)cc1. The van der Waals surface area contributed by atoms with Gasteiger partial charge in [0.05, 0.1) is 9.79 Å². The van der Waals surface area contributed by atoms with Crippen molar-refractivity contribution >= 4 is 37.4 Å². The standard InChI is InChI=1S/C15H15ClN2O5S2/c1-11-2-6-14(7-3-11)25(22,23)18-17-15(19)10-24(20,21)13-8-4-12(16)5-9-13/h2-9,18H,10H2,1H3,(H,17,19). The van der Waals surface area contributed by atoms with Crippen LogP contribution in [-0.2, 0) is 24.7 Å². The number of halogens is 1. The Morgan fingerprint density at radius 2 is 1.44 bits per heavy atom. The van der Waals surface area contributed by atoms with Gasteiger partial charge in [-0.25, -0.2) is 16.8 Å². The van der Waals surface area contributed by atoms with Crippen LogP contribution in [0.3, 0.4) is 0 Å². The van der Waals surface area contributed by atoms with Gasteiger partial charge < -0.3 is 0 Å². The van der Waals surface area contributed by atoms with Crippen LogP contribution >= 0.6 is 11.6 Å². The first-order valence-corrected chi connectivity index (χ1v) is 10.5. The summed E-state index contributed by atoms with van der Waals surface area (Å²) >= 11 is 5.68. The van der Waals surface area contributed by atoms with E-state index in [4.69, 9.17) is 11.6 Å². The topological polar surface area (TPSA) is 109 Å². The highest BCUT2D eigenvalue weighted by atomic mass is 35.5. The molecule has 10 heteroatoms. The molecular weight excluding hydrogens is 388 g/mol. The minimum absolute atomic E-state index is 0.0565. The molecule has 0 aliphatic heterocycles. The number of benzene rings is 2. The fourth-order valence-corrected chi connectivity index (χ4v) is 3.96. The van der Waals surface area contributed by atoms with E-state index in [2.05, 4.69) is 0 Å². The van der Waals surface area contributed by atoms with Crippen LogP contribution in [0.25, 0.3) is 0 Å². The summed E-state index contributed by atoms with van der Waals surface area (Å²) in [6, 6.07) is 11.2. The van der Waals surface area contributed by atoms with Crippen molar-refractivity contribution in [3.63, 3.8) is 0 Å². The molecular formula is C15H15ClN2O5S2. The van der Waals surface area contributed by atoms with Crippen molar-refractivity contribution < 1.29 is 21.6 Å². The molecule has 0 fully saturated rings. The van der Waals surface area contributed by atoms with Gasteiger partial charge in [0.15, 0.2) is 9.84 Å². The van der Waals surface area contributed by atoms with Gasteiger partial charge in [-0.2, -0.15) is 0 Å². The molecule has 0 aliphatic rings. The lowest BCUT2D eigenvalue weighted by Crippen LogP contribution is -2.44. The molecule has 2 aromatic carbocycles. The molecule has 0 aromatic heterocycles. The van der Waals surface area contributed by atoms with E-state index < -0.39 is 31.5 Å². The zero-order valence-corrected chi connectivity index (χ0v) is 15.5. The molecule has 2 aromatic rings. The maximum absolute atomic E-state index is 12.1. The second-order valence-corrected chi connectivity index (χ2v) is 9.29. The number of hydrogen-bond donors (Lipinski definition) is 2. The van der Waals surface area contributed by atoms with E-state index in [-0.39, 0.29) is 9.79 Å². The van der Waals surface area contributed by atoms with Crippen LogP contribution in [0.5, 0.6) is 0 Å². The Morgan fingerprint density at radius 3 is 2.00 bits per heavy atom. The molecule has 0 spiro atoms. The molecule has 0 unspecified atom stereocenters. The second-order valence-electron chi connectivity index (χ2n) is 5.18. The molecule has 2 N–H and O–H groups in total. The molecule has 0 saturated carbocycles. The molecule has 134 valence electrons. The molecule has 2 rings (SSSR count). The number of rotatable bonds is 6. The van der Waals surface area contributed by atoms with E-state index in [1.54, 1.807) is 19.1 Å². The van der Waals surface area contributed by atoms with Gasteiger partial charge in [0.1, 0.15) is 5.75 Å². The normalized spacial score (nSPS) is 11.9. The molecule has 0 radical (unpaired) electrons. The summed E-state index contributed by atoms with van der Waals surface area (Å²) in [5.74, 6) is -1.92. The Morgan fingerprint density at radius 1 is 0.920 bits per heavy atom. The zero-order chi connectivity index (χ0) is 18.7. The smallest absolute Gasteiger partial charge is 0.257 e. The van der Waals surface area contributed by atoms with Gasteiger partial charge in [-0.3, -0.25) is 10.2 Å². The predicted molar refractivity (Wildman–Crippen MR) is 93.1 cm³/mol. The van der Waals surface area contributed by atoms with E-state index in [1.807, 2.05) is 10.3 Å². The lowest BCUT2D eigenvalue weighted by atomic mass is 10.2. The number of hydrazine groups is 1. The van der Waals surface area contributed by atoms with Crippen LogP contribution in [0.15, 0.2) is 58.3 Å². The van der Waals surface area contributed by atoms with Crippen molar-refractivity contribution in [1.29, 1.82) is 0 Å². The third-order valence-electron chi connectivity index (χ3n) is 3.15. The van der Waals surface area contributed by atoms with Gasteiger partial charge in [0.2, 0.25) is 0 Å². The van der Waals surface area contributed by atoms with E-state index >= 15 is 0 Å². The fraction of sp³-hybridized carbons (Fsp3) is 0.133. The molecule has 7 nitrogen and oxygen atoms in total. The monoisotopic (exact) mass is 402 g/mol. The number of aryl methyl sites for hydroxylation is 1. The van der Waals surface area contributed by atoms with Crippen LogP contribution in [0.1, 0.15) is 5.56 Å². The first-order chi connectivity index (χ1) is 11.6. The minimum atomic E-state index is -3.99. The number of carbonyl (C=O) groups is 1. The van der Waals surface area contributed by atoms with Gasteiger partial charge in [-0.05, 0) is 43.3 Å². The fourth-order valence-electron chi connectivity index (χ4n) is 1.83. The average molecular weight is 403 g/mol. The Kier molecular flexibility index (Phi) is 5.83. The molecule has 25 heavy (non-hydrogen) atoms. The minimum Gasteiger partial charge on any atom is -0.277 e. The average Bonchev–Trinajstić information content (AvgIpc) is 2.53. The highest BCUT2D eigenvalue weighted by Gasteiger charge is 2.21. The van der Waals surface area contributed by atoms with Crippen molar-refractivity contribution in [2.24, 2.45) is 0 Å². The third-order valence-corrected chi connectivity index (χ3v) is 6.30. The first kappa shape index (κ1) is 19.4. The molecule has 1 amide bonds. The third kappa shape index (κ3) is 5.27. The number of amides is 1. The second kappa shape index (κ2) is 7.52. The van der Waals surface area contributed by atoms with Crippen molar-refractivity contribution in [3.8, 4) is 0 Å². The summed E-state index contributed by atoms with van der Waals surface area (Å²) < 4.78 is 48.3. The van der Waals surface area contributed by atoms with E-state index in [9.17, 15) is 21.6 Å².